The van der Waals surface area contributed by atoms with E-state index in [2.05, 4.69) is 36.6 Å². The van der Waals surface area contributed by atoms with Crippen molar-refractivity contribution >= 4 is 22.0 Å². The molecule has 3 rings (SSSR count). The van der Waals surface area contributed by atoms with Gasteiger partial charge in [-0.3, -0.25) is 0 Å². The van der Waals surface area contributed by atoms with Gasteiger partial charge in [-0.2, -0.15) is 5.10 Å². The lowest BCUT2D eigenvalue weighted by molar-refractivity contribution is 0.237. The molecule has 2 N–H and O–H groups in total. The standard InChI is InChI=1S/C18H18BrN5O/c1-13(14-5-2-7-16(19)11-14)23-18(25)21-12-15-6-3-8-20-17(15)24-10-4-9-22-24/h2-11,13H,12H2,1H3,(H2,21,23,25). The summed E-state index contributed by atoms with van der Waals surface area (Å²) in [6, 6.07) is 13.1. The molecule has 0 saturated heterocycles. The maximum absolute atomic E-state index is 12.2. The molecule has 25 heavy (non-hydrogen) atoms. The average molecular weight is 400 g/mol. The highest BCUT2D eigenvalue weighted by molar-refractivity contribution is 9.10. The van der Waals surface area contributed by atoms with Gasteiger partial charge in [0.15, 0.2) is 5.82 Å². The molecule has 2 aromatic heterocycles. The highest BCUT2D eigenvalue weighted by atomic mass is 79.9. The number of aromatic nitrogens is 3. The van der Waals surface area contributed by atoms with E-state index in [1.54, 1.807) is 17.1 Å². The molecule has 0 aliphatic carbocycles. The van der Waals surface area contributed by atoms with E-state index < -0.39 is 0 Å². The van der Waals surface area contributed by atoms with Crippen LogP contribution in [0.5, 0.6) is 0 Å². The van der Waals surface area contributed by atoms with Gasteiger partial charge < -0.3 is 10.6 Å². The summed E-state index contributed by atoms with van der Waals surface area (Å²) in [5.41, 5.74) is 1.92. The number of amides is 2. The topological polar surface area (TPSA) is 71.8 Å². The molecule has 0 fully saturated rings. The minimum absolute atomic E-state index is 0.100. The summed E-state index contributed by atoms with van der Waals surface area (Å²) in [6.45, 7) is 2.31. The zero-order chi connectivity index (χ0) is 17.6. The molecular formula is C18H18BrN5O. The van der Waals surface area contributed by atoms with Crippen LogP contribution in [0.1, 0.15) is 24.1 Å². The van der Waals surface area contributed by atoms with Crippen LogP contribution in [0, 0.1) is 0 Å². The average Bonchev–Trinajstić information content (AvgIpc) is 3.14. The van der Waals surface area contributed by atoms with Crippen LogP contribution < -0.4 is 10.6 Å². The van der Waals surface area contributed by atoms with Crippen molar-refractivity contribution in [2.24, 2.45) is 0 Å². The van der Waals surface area contributed by atoms with E-state index in [0.717, 1.165) is 15.6 Å². The number of nitrogens with one attached hydrogen (secondary N) is 2. The maximum atomic E-state index is 12.2. The normalized spacial score (nSPS) is 11.8. The number of benzene rings is 1. The van der Waals surface area contributed by atoms with E-state index in [1.165, 1.54) is 0 Å². The fourth-order valence-corrected chi connectivity index (χ4v) is 2.87. The van der Waals surface area contributed by atoms with Gasteiger partial charge in [0.1, 0.15) is 0 Å². The Morgan fingerprint density at radius 1 is 1.24 bits per heavy atom. The van der Waals surface area contributed by atoms with Crippen LogP contribution >= 0.6 is 15.9 Å². The predicted octanol–water partition coefficient (Wildman–Crippen LogP) is 3.59. The van der Waals surface area contributed by atoms with E-state index in [-0.39, 0.29) is 12.1 Å². The molecule has 3 aromatic rings. The molecule has 0 spiro atoms. The fourth-order valence-electron chi connectivity index (χ4n) is 2.45. The van der Waals surface area contributed by atoms with Crippen LogP contribution in [0.2, 0.25) is 0 Å². The highest BCUT2D eigenvalue weighted by Gasteiger charge is 2.11. The zero-order valence-corrected chi connectivity index (χ0v) is 15.3. The van der Waals surface area contributed by atoms with Crippen LogP contribution in [-0.2, 0) is 6.54 Å². The lowest BCUT2D eigenvalue weighted by atomic mass is 10.1. The SMILES string of the molecule is CC(NC(=O)NCc1cccnc1-n1cccn1)c1cccc(Br)c1. The Hall–Kier alpha value is -2.67. The third-order valence-electron chi connectivity index (χ3n) is 3.72. The lowest BCUT2D eigenvalue weighted by Gasteiger charge is -2.16. The summed E-state index contributed by atoms with van der Waals surface area (Å²) in [5.74, 6) is 0.702. The zero-order valence-electron chi connectivity index (χ0n) is 13.7. The highest BCUT2D eigenvalue weighted by Crippen LogP contribution is 2.17. The molecule has 1 atom stereocenters. The molecule has 6 nitrogen and oxygen atoms in total. The van der Waals surface area contributed by atoms with Gasteiger partial charge in [-0.1, -0.05) is 34.1 Å². The largest absolute Gasteiger partial charge is 0.334 e. The summed E-state index contributed by atoms with van der Waals surface area (Å²) in [5, 5.41) is 10.00. The summed E-state index contributed by atoms with van der Waals surface area (Å²) in [6.07, 6.45) is 5.22. The van der Waals surface area contributed by atoms with E-state index in [9.17, 15) is 4.79 Å². The molecule has 1 unspecified atom stereocenters. The fraction of sp³-hybridized carbons (Fsp3) is 0.167. The number of urea groups is 1. The third kappa shape index (κ3) is 4.45. The predicted molar refractivity (Wildman–Crippen MR) is 99.3 cm³/mol. The monoisotopic (exact) mass is 399 g/mol. The van der Waals surface area contributed by atoms with Gasteiger partial charge in [-0.15, -0.1) is 0 Å². The van der Waals surface area contributed by atoms with Crippen molar-refractivity contribution in [2.75, 3.05) is 0 Å². The Balaban J connectivity index is 1.62. The first-order valence-electron chi connectivity index (χ1n) is 7.87. The molecule has 7 heteroatoms. The Morgan fingerprint density at radius 2 is 2.12 bits per heavy atom. The molecule has 0 saturated carbocycles. The number of rotatable bonds is 5. The van der Waals surface area contributed by atoms with Gasteiger partial charge >= 0.3 is 6.03 Å². The minimum Gasteiger partial charge on any atom is -0.334 e. The molecule has 0 aliphatic rings. The lowest BCUT2D eigenvalue weighted by Crippen LogP contribution is -2.36. The number of hydrogen-bond acceptors (Lipinski definition) is 3. The van der Waals surface area contributed by atoms with Crippen LogP contribution in [0.3, 0.4) is 0 Å². The van der Waals surface area contributed by atoms with Crippen LogP contribution in [0.4, 0.5) is 4.79 Å². The molecule has 128 valence electrons. The quantitative estimate of drug-likeness (QED) is 0.688. The van der Waals surface area contributed by atoms with Gasteiger partial charge in [0.25, 0.3) is 0 Å². The van der Waals surface area contributed by atoms with E-state index >= 15 is 0 Å². The maximum Gasteiger partial charge on any atom is 0.315 e. The van der Waals surface area contributed by atoms with Crippen LogP contribution in [0.15, 0.2) is 65.5 Å². The number of hydrogen-bond donors (Lipinski definition) is 2. The summed E-state index contributed by atoms with van der Waals surface area (Å²) >= 11 is 3.44. The molecule has 0 bridgehead atoms. The number of carbonyl (C=O) groups is 1. The number of halogens is 1. The van der Waals surface area contributed by atoms with Crippen LogP contribution in [0.25, 0.3) is 5.82 Å². The van der Waals surface area contributed by atoms with Crippen molar-refractivity contribution in [1.82, 2.24) is 25.4 Å². The summed E-state index contributed by atoms with van der Waals surface area (Å²) in [7, 11) is 0. The Morgan fingerprint density at radius 3 is 2.88 bits per heavy atom. The van der Waals surface area contributed by atoms with E-state index in [4.69, 9.17) is 0 Å². The summed E-state index contributed by atoms with van der Waals surface area (Å²) in [4.78, 5) is 16.5. The molecule has 0 radical (unpaired) electrons. The van der Waals surface area contributed by atoms with Gasteiger partial charge in [-0.25, -0.2) is 14.5 Å². The molecule has 0 aliphatic heterocycles. The second-order valence-electron chi connectivity index (χ2n) is 5.54. The van der Waals surface area contributed by atoms with Gasteiger partial charge in [-0.05, 0) is 36.8 Å². The second-order valence-corrected chi connectivity index (χ2v) is 6.46. The smallest absolute Gasteiger partial charge is 0.315 e. The van der Waals surface area contributed by atoms with Crippen molar-refractivity contribution in [2.45, 2.75) is 19.5 Å². The second kappa shape index (κ2) is 7.94. The van der Waals surface area contributed by atoms with E-state index in [0.29, 0.717) is 12.4 Å². The molecule has 2 amide bonds. The molecule has 2 heterocycles. The number of nitrogens with zero attached hydrogens (tertiary/aromatic N) is 3. The Bertz CT molecular complexity index is 850. The van der Waals surface area contributed by atoms with Gasteiger partial charge in [0.05, 0.1) is 6.04 Å². The van der Waals surface area contributed by atoms with Crippen molar-refractivity contribution in [3.8, 4) is 5.82 Å². The summed E-state index contributed by atoms with van der Waals surface area (Å²) < 4.78 is 2.66. The minimum atomic E-state index is -0.234. The van der Waals surface area contributed by atoms with Crippen molar-refractivity contribution < 1.29 is 4.79 Å². The first-order chi connectivity index (χ1) is 12.1. The van der Waals surface area contributed by atoms with Crippen molar-refractivity contribution in [3.63, 3.8) is 0 Å². The number of carbonyl (C=O) groups excluding carboxylic acids is 1. The van der Waals surface area contributed by atoms with E-state index in [1.807, 2.05) is 55.6 Å². The number of pyridine rings is 1. The Labute approximate surface area is 154 Å². The molecular weight excluding hydrogens is 382 g/mol. The Kier molecular flexibility index (Phi) is 5.45. The van der Waals surface area contributed by atoms with Gasteiger partial charge in [0, 0.05) is 35.2 Å². The first kappa shape index (κ1) is 17.2. The first-order valence-corrected chi connectivity index (χ1v) is 8.66. The van der Waals surface area contributed by atoms with Crippen LogP contribution in [-0.4, -0.2) is 20.8 Å². The van der Waals surface area contributed by atoms with Crippen molar-refractivity contribution in [1.29, 1.82) is 0 Å². The van der Waals surface area contributed by atoms with Gasteiger partial charge in [0.2, 0.25) is 0 Å². The van der Waals surface area contributed by atoms with Crippen molar-refractivity contribution in [3.05, 3.63) is 76.7 Å². The third-order valence-corrected chi connectivity index (χ3v) is 4.22. The molecule has 1 aromatic carbocycles.